The number of rotatable bonds is 28. The fourth-order valence-electron chi connectivity index (χ4n) is 22.0. The molecule has 1 unspecified atom stereocenters. The fraction of sp³-hybridized carbons (Fsp3) is 0.402. The second-order valence-electron chi connectivity index (χ2n) is 37.4. The molecule has 4 saturated heterocycles. The Bertz CT molecular complexity index is 7270. The number of aromatic nitrogens is 4. The number of halogens is 12. The Morgan fingerprint density at radius 3 is 1.21 bits per heavy atom. The number of para-hydroxylation sites is 1. The summed E-state index contributed by atoms with van der Waals surface area (Å²) in [5.74, 6) is -8.97. The Labute approximate surface area is 853 Å². The largest absolute Gasteiger partial charge is 0.490 e. The van der Waals surface area contributed by atoms with Gasteiger partial charge in [0.2, 0.25) is 5.89 Å². The van der Waals surface area contributed by atoms with E-state index in [9.17, 15) is 59.7 Å². The molecule has 11 aromatic rings. The molecule has 11 heterocycles. The van der Waals surface area contributed by atoms with Gasteiger partial charge in [-0.1, -0.05) is 100 Å². The average Bonchev–Trinajstić information content (AvgIpc) is 0.986. The molecule has 772 valence electrons. The van der Waals surface area contributed by atoms with Gasteiger partial charge >= 0.3 is 0 Å². The number of nitrogens with zero attached hydrogens (tertiary/aromatic N) is 6. The van der Waals surface area contributed by atoms with Crippen LogP contribution in [0.2, 0.25) is 20.1 Å². The highest BCUT2D eigenvalue weighted by Crippen LogP contribution is 2.60. The lowest BCUT2D eigenvalue weighted by Crippen LogP contribution is -2.57. The van der Waals surface area contributed by atoms with E-state index in [1.165, 1.54) is 35.0 Å². The van der Waals surface area contributed by atoms with Crippen LogP contribution in [-0.2, 0) is 121 Å². The first kappa shape index (κ1) is 106. The summed E-state index contributed by atoms with van der Waals surface area (Å²) >= 11 is 24.2. The Morgan fingerprint density at radius 2 is 0.800 bits per heavy atom. The van der Waals surface area contributed by atoms with E-state index in [4.69, 9.17) is 94.6 Å². The number of nitrogen functional groups attached to an aromatic ring is 1. The Morgan fingerprint density at radius 1 is 0.421 bits per heavy atom. The maximum absolute atomic E-state index is 15.4. The third-order valence-electron chi connectivity index (χ3n) is 28.8. The van der Waals surface area contributed by atoms with Crippen LogP contribution >= 0.6 is 46.4 Å². The van der Waals surface area contributed by atoms with Crippen LogP contribution in [0, 0.1) is 77.1 Å². The molecule has 0 bridgehead atoms. The van der Waals surface area contributed by atoms with Crippen molar-refractivity contribution in [3.8, 4) is 23.0 Å². The van der Waals surface area contributed by atoms with Crippen molar-refractivity contribution in [1.82, 2.24) is 19.9 Å². The predicted octanol–water partition coefficient (Wildman–Crippen LogP) is 17.9. The van der Waals surface area contributed by atoms with Crippen molar-refractivity contribution in [2.24, 2.45) is 33.7 Å². The first-order chi connectivity index (χ1) is 69.2. The van der Waals surface area contributed by atoms with Gasteiger partial charge in [-0.05, 0) is 215 Å². The molecule has 20 rings (SSSR count). The van der Waals surface area contributed by atoms with Crippen molar-refractivity contribution in [2.75, 3.05) is 99.7 Å². The molecule has 9 aromatic carbocycles. The summed E-state index contributed by atoms with van der Waals surface area (Å²) in [4.78, 5) is 12.0. The molecule has 0 amide bonds. The van der Waals surface area contributed by atoms with Crippen molar-refractivity contribution in [3.63, 3.8) is 0 Å². The maximum atomic E-state index is 15.4. The summed E-state index contributed by atoms with van der Waals surface area (Å²) in [6, 6.07) is 43.6. The molecule has 0 spiro atoms. The molecular formula is C102H101Cl4F8N7O19S5. The van der Waals surface area contributed by atoms with E-state index >= 15 is 17.6 Å². The van der Waals surface area contributed by atoms with Crippen LogP contribution in [0.3, 0.4) is 0 Å². The number of ether oxygens (including phenoxy) is 8. The van der Waals surface area contributed by atoms with Crippen LogP contribution in [0.25, 0.3) is 0 Å². The lowest BCUT2D eigenvalue weighted by Gasteiger charge is -2.51. The highest BCUT2D eigenvalue weighted by atomic mass is 35.5. The minimum atomic E-state index is -4.37. The summed E-state index contributed by atoms with van der Waals surface area (Å²) in [5.41, 5.74) is 6.51. The zero-order valence-electron chi connectivity index (χ0n) is 78.0. The smallest absolute Gasteiger partial charge is 0.223 e. The first-order valence-corrected chi connectivity index (χ1v) is 57.0. The van der Waals surface area contributed by atoms with Crippen LogP contribution < -0.4 is 24.7 Å². The summed E-state index contributed by atoms with van der Waals surface area (Å²) < 4.78 is 303. The molecule has 9 aliphatic rings. The van der Waals surface area contributed by atoms with Gasteiger partial charge in [0.25, 0.3) is 0 Å². The Balaban J connectivity index is 0.000000132. The summed E-state index contributed by atoms with van der Waals surface area (Å²) in [6.07, 6.45) is 5.18. The minimum absolute atomic E-state index is 0.0420. The van der Waals surface area contributed by atoms with Crippen LogP contribution in [0.15, 0.2) is 213 Å². The Hall–Kier alpha value is -10.1. The van der Waals surface area contributed by atoms with Crippen molar-refractivity contribution < 1.29 is 120 Å². The molecule has 12 atom stereocenters. The molecule has 0 saturated carbocycles. The number of nitrogens with two attached hydrogens (primary N) is 1. The molecule has 2 aromatic heterocycles. The van der Waals surface area contributed by atoms with E-state index in [2.05, 4.69) is 25.2 Å². The second kappa shape index (κ2) is 44.0. The van der Waals surface area contributed by atoms with E-state index in [1.807, 2.05) is 36.4 Å². The summed E-state index contributed by atoms with van der Waals surface area (Å²) in [5, 5.41) is 9.71. The third kappa shape index (κ3) is 22.7. The van der Waals surface area contributed by atoms with Gasteiger partial charge in [-0.15, -0.1) is 0 Å². The normalized spacial score (nSPS) is 23.9. The van der Waals surface area contributed by atoms with E-state index in [1.54, 1.807) is 86.2 Å². The minimum Gasteiger partial charge on any atom is -0.490 e. The maximum Gasteiger partial charge on any atom is 0.223 e. The van der Waals surface area contributed by atoms with Crippen molar-refractivity contribution in [3.05, 3.63) is 306 Å². The Kier molecular flexibility index (Phi) is 32.2. The molecule has 4 fully saturated rings. The van der Waals surface area contributed by atoms with E-state index in [-0.39, 0.29) is 192 Å². The first-order valence-electron chi connectivity index (χ1n) is 46.9. The van der Waals surface area contributed by atoms with E-state index in [0.29, 0.717) is 77.6 Å². The molecule has 0 radical (unpaired) electrons. The lowest BCUT2D eigenvalue weighted by molar-refractivity contribution is -0.0965. The summed E-state index contributed by atoms with van der Waals surface area (Å²) in [6.45, 7) is 2.85. The van der Waals surface area contributed by atoms with Crippen molar-refractivity contribution >= 4 is 113 Å². The van der Waals surface area contributed by atoms with Crippen LogP contribution in [0.1, 0.15) is 102 Å². The van der Waals surface area contributed by atoms with Gasteiger partial charge < -0.3 is 48.2 Å². The number of aliphatic imine (C=N–C) groups is 2. The molecule has 0 aliphatic carbocycles. The highest BCUT2D eigenvalue weighted by Gasteiger charge is 2.63. The SMILES string of the molecule is Cc1nc(CS(=O)(=O)CCC2OCC[C@@]3(Cc4ccc(Cl)cc4)c4c(F)ccc(F)c4OC[C@@H]23)no1.Nc1ccccc1S(=O)(=O)CC[C@@H]1OCC[C@@]2(Cc3ccc(Cl)cc3)c3c(F)ccc(F)c3OC[C@@H]12.O=S(=O)(CC[C@@H]1OCC[C@@]2(Cc3ccc(Cl)cc3)c3c(F)ccc(F)c3OC[C@@H]12)CC1=NCC=N1.O=S(=O)(CC[C@@H]1OCC[C@@]2(S(=O)(=O)c3ccc(Cl)cc3)c3c(F)ccc(F)c3OC[C@@H]12)CCn1cccn1. The third-order valence-corrected chi connectivity index (χ3v) is 38.9. The zero-order chi connectivity index (χ0) is 103. The number of fused-ring (bicyclic) bond motifs is 12. The number of hydrogen-bond donors (Lipinski definition) is 1. The fourth-order valence-corrected chi connectivity index (χ4v) is 30.1. The summed E-state index contributed by atoms with van der Waals surface area (Å²) in [7, 11) is -18.7. The quantitative estimate of drug-likeness (QED) is 0.0351. The van der Waals surface area contributed by atoms with Crippen LogP contribution in [0.5, 0.6) is 23.0 Å². The number of sulfone groups is 5. The van der Waals surface area contributed by atoms with Gasteiger partial charge in [-0.25, -0.2) is 82.2 Å². The zero-order valence-corrected chi connectivity index (χ0v) is 85.1. The number of hydrogen-bond acceptors (Lipinski definition) is 25. The number of aryl methyl sites for hydroxylation is 2. The van der Waals surface area contributed by atoms with E-state index < -0.39 is 170 Å². The molecular weight excluding hydrogens is 2080 g/mol. The number of amidine groups is 1. The molecule has 9 aliphatic heterocycles. The highest BCUT2D eigenvalue weighted by molar-refractivity contribution is 7.93. The topological polar surface area (TPSA) is 352 Å². The molecule has 26 nitrogen and oxygen atoms in total. The lowest BCUT2D eigenvalue weighted by atomic mass is 9.60. The predicted molar refractivity (Wildman–Crippen MR) is 528 cm³/mol. The van der Waals surface area contributed by atoms with Crippen molar-refractivity contribution in [2.45, 2.75) is 145 Å². The second-order valence-corrected chi connectivity index (χ2v) is 50.1. The van der Waals surface area contributed by atoms with E-state index in [0.717, 1.165) is 65.2 Å². The van der Waals surface area contributed by atoms with Gasteiger partial charge in [0.05, 0.1) is 114 Å². The molecule has 2 N–H and O–H groups in total. The van der Waals surface area contributed by atoms with Crippen LogP contribution in [-0.4, -0.2) is 192 Å². The monoisotopic (exact) mass is 2180 g/mol. The van der Waals surface area contributed by atoms with Gasteiger partial charge in [-0.3, -0.25) is 9.67 Å². The molecule has 145 heavy (non-hydrogen) atoms. The van der Waals surface area contributed by atoms with Gasteiger partial charge in [0, 0.05) is 129 Å². The average molecular weight is 2180 g/mol. The molecule has 43 heteroatoms. The van der Waals surface area contributed by atoms with Crippen molar-refractivity contribution in [1.29, 1.82) is 0 Å². The van der Waals surface area contributed by atoms with Gasteiger partial charge in [-0.2, -0.15) is 10.1 Å². The number of anilines is 1. The number of benzene rings is 9. The van der Waals surface area contributed by atoms with Gasteiger partial charge in [0.1, 0.15) is 45.4 Å². The van der Waals surface area contributed by atoms with Crippen LogP contribution in [0.4, 0.5) is 40.8 Å². The standard InChI is InChI=1S/C27H26ClF2NO4S.C25H25ClF2N2O6S2.C25H25ClF2N2O5S.C25H25ClF2N2O4S/c28-18-7-5-17(6-8-18)15-27-12-13-34-23(11-14-36(32,33)24-4-2-1-3-22(24)31)19(27)16-35-26-21(30)10-9-20(29)25(26)27;26-17-2-4-18(5-3-17)38(33,34)25-9-13-35-22(8-14-37(31,32)15-12-30-11-1-10-29-30)19(25)16-36-24-21(28)7-6-20(27)23(24)25;1-15-29-22(30-35-15)14-36(31,32)11-8-21-18-13-34-24-20(28)7-6-19(27)23(24)25(18,9-10-33-21)12-16-2-4-17(26)5-3-16;26-17-3-1-16(2-4-17)13-25-8-11-33-21(7-12-35(31,32)15-22-29-9-10-30-22)18(25)14-34-24-20(28)6-5-19(27)23(24)25/h1-10,19,23H,11-16,31H2;1-7,10-11,19,22H,8-9,12-16H2;2-7,18,21H,8-14H2,1H3;1-6,9,18,21H,7-8,10-15H2/t19-,23-,27-;19-,22-,25-;18-,21?,25-;18-,21-,25-/m0000/s1. The van der Waals surface area contributed by atoms with Gasteiger partial charge in [0.15, 0.2) is 101 Å².